The molecule has 5 heteroatoms. The van der Waals surface area contributed by atoms with Gasteiger partial charge in [0.05, 0.1) is 0 Å². The predicted molar refractivity (Wildman–Crippen MR) is 96.1 cm³/mol. The summed E-state index contributed by atoms with van der Waals surface area (Å²) in [5.41, 5.74) is 1.93. The molecule has 0 spiro atoms. The van der Waals surface area contributed by atoms with Gasteiger partial charge in [-0.05, 0) is 44.3 Å². The number of urea groups is 1. The molecule has 2 N–H and O–H groups in total. The molecule has 0 fully saturated rings. The third-order valence-electron chi connectivity index (χ3n) is 3.63. The molecule has 0 aromatic heterocycles. The fourth-order valence-electron chi connectivity index (χ4n) is 2.28. The van der Waals surface area contributed by atoms with Gasteiger partial charge in [0.15, 0.2) is 0 Å². The summed E-state index contributed by atoms with van der Waals surface area (Å²) in [6.07, 6.45) is 0.880. The quantitative estimate of drug-likeness (QED) is 0.849. The molecule has 0 aliphatic carbocycles. The number of nitrogens with one attached hydrogen (secondary N) is 2. The Hall–Kier alpha value is -2.04. The van der Waals surface area contributed by atoms with Gasteiger partial charge >= 0.3 is 6.03 Å². The molecule has 1 atom stereocenters. The number of hydrogen-bond acceptors (Lipinski definition) is 2. The summed E-state index contributed by atoms with van der Waals surface area (Å²) in [7, 11) is 4.04. The van der Waals surface area contributed by atoms with Crippen molar-refractivity contribution in [2.75, 3.05) is 26.0 Å². The molecular weight excluding hydrogens is 310 g/mol. The number of benzene rings is 2. The van der Waals surface area contributed by atoms with E-state index in [0.717, 1.165) is 6.42 Å². The lowest BCUT2D eigenvalue weighted by Crippen LogP contribution is -2.43. The van der Waals surface area contributed by atoms with Gasteiger partial charge in [-0.3, -0.25) is 0 Å². The molecule has 2 aromatic rings. The Morgan fingerprint density at radius 2 is 1.87 bits per heavy atom. The zero-order valence-electron chi connectivity index (χ0n) is 13.4. The second kappa shape index (κ2) is 8.56. The number of anilines is 1. The van der Waals surface area contributed by atoms with E-state index >= 15 is 0 Å². The van der Waals surface area contributed by atoms with Gasteiger partial charge in [0.25, 0.3) is 0 Å². The molecule has 0 saturated heterocycles. The molecule has 122 valence electrons. The Kier molecular flexibility index (Phi) is 6.44. The van der Waals surface area contributed by atoms with Crippen LogP contribution in [0.15, 0.2) is 54.6 Å². The molecule has 2 aromatic carbocycles. The van der Waals surface area contributed by atoms with Crippen LogP contribution in [0.3, 0.4) is 0 Å². The fourth-order valence-corrected chi connectivity index (χ4v) is 2.47. The number of nitrogens with zero attached hydrogens (tertiary/aromatic N) is 1. The highest BCUT2D eigenvalue weighted by Gasteiger charge is 2.13. The van der Waals surface area contributed by atoms with Gasteiger partial charge in [-0.2, -0.15) is 0 Å². The first kappa shape index (κ1) is 17.3. The number of amides is 2. The van der Waals surface area contributed by atoms with Crippen LogP contribution in [-0.4, -0.2) is 37.6 Å². The van der Waals surface area contributed by atoms with E-state index in [2.05, 4.69) is 27.7 Å². The first-order chi connectivity index (χ1) is 11.0. The number of hydrogen-bond donors (Lipinski definition) is 2. The van der Waals surface area contributed by atoms with Gasteiger partial charge in [-0.1, -0.05) is 48.0 Å². The van der Waals surface area contributed by atoms with Crippen molar-refractivity contribution in [3.8, 4) is 0 Å². The summed E-state index contributed by atoms with van der Waals surface area (Å²) in [5.74, 6) is 0. The van der Waals surface area contributed by atoms with Crippen LogP contribution in [0.4, 0.5) is 10.5 Å². The Balaban J connectivity index is 1.87. The van der Waals surface area contributed by atoms with E-state index in [-0.39, 0.29) is 12.1 Å². The molecule has 4 nitrogen and oxygen atoms in total. The summed E-state index contributed by atoms with van der Waals surface area (Å²) in [6, 6.07) is 17.4. The largest absolute Gasteiger partial charge is 0.336 e. The zero-order chi connectivity index (χ0) is 16.7. The van der Waals surface area contributed by atoms with E-state index in [1.165, 1.54) is 5.56 Å². The van der Waals surface area contributed by atoms with E-state index < -0.39 is 0 Å². The van der Waals surface area contributed by atoms with Crippen LogP contribution in [0.1, 0.15) is 5.56 Å². The fraction of sp³-hybridized carbons (Fsp3) is 0.278. The monoisotopic (exact) mass is 331 g/mol. The minimum absolute atomic E-state index is 0.225. The van der Waals surface area contributed by atoms with Gasteiger partial charge in [-0.25, -0.2) is 4.79 Å². The molecule has 0 saturated carbocycles. The van der Waals surface area contributed by atoms with Crippen LogP contribution in [-0.2, 0) is 6.42 Å². The maximum absolute atomic E-state index is 12.0. The van der Waals surface area contributed by atoms with Crippen molar-refractivity contribution in [3.05, 3.63) is 65.2 Å². The van der Waals surface area contributed by atoms with E-state index in [9.17, 15) is 4.79 Å². The molecule has 0 bridgehead atoms. The normalized spacial score (nSPS) is 12.0. The van der Waals surface area contributed by atoms with Gasteiger partial charge in [-0.15, -0.1) is 0 Å². The highest BCUT2D eigenvalue weighted by atomic mass is 35.5. The van der Waals surface area contributed by atoms with Crippen LogP contribution >= 0.6 is 11.6 Å². The average molecular weight is 332 g/mol. The second-order valence-electron chi connectivity index (χ2n) is 5.65. The van der Waals surface area contributed by atoms with Crippen LogP contribution in [0.5, 0.6) is 0 Å². The zero-order valence-corrected chi connectivity index (χ0v) is 14.2. The van der Waals surface area contributed by atoms with Crippen molar-refractivity contribution in [1.82, 2.24) is 10.2 Å². The van der Waals surface area contributed by atoms with E-state index in [1.807, 2.05) is 32.3 Å². The van der Waals surface area contributed by atoms with E-state index in [0.29, 0.717) is 17.3 Å². The van der Waals surface area contributed by atoms with Crippen molar-refractivity contribution >= 4 is 23.3 Å². The smallest absolute Gasteiger partial charge is 0.319 e. The number of likely N-dealkylation sites (N-methyl/N-ethyl adjacent to an activating group) is 1. The molecule has 0 aliphatic rings. The minimum Gasteiger partial charge on any atom is -0.336 e. The maximum Gasteiger partial charge on any atom is 0.319 e. The third-order valence-corrected chi connectivity index (χ3v) is 3.86. The summed E-state index contributed by atoms with van der Waals surface area (Å²) in [6.45, 7) is 0.564. The first-order valence-electron chi connectivity index (χ1n) is 7.55. The SMILES string of the molecule is CN(C)C(CNC(=O)Nc1cccc(Cl)c1)Cc1ccccc1. The average Bonchev–Trinajstić information content (AvgIpc) is 2.52. The van der Waals surface area contributed by atoms with Crippen LogP contribution < -0.4 is 10.6 Å². The molecule has 23 heavy (non-hydrogen) atoms. The van der Waals surface area contributed by atoms with Gasteiger partial charge < -0.3 is 15.5 Å². The van der Waals surface area contributed by atoms with E-state index in [1.54, 1.807) is 24.3 Å². The summed E-state index contributed by atoms with van der Waals surface area (Å²) >= 11 is 5.91. The highest BCUT2D eigenvalue weighted by Crippen LogP contribution is 2.14. The summed E-state index contributed by atoms with van der Waals surface area (Å²) in [4.78, 5) is 14.1. The third kappa shape index (κ3) is 5.93. The Morgan fingerprint density at radius 3 is 2.52 bits per heavy atom. The minimum atomic E-state index is -0.229. The van der Waals surface area contributed by atoms with Gasteiger partial charge in [0.1, 0.15) is 0 Å². The molecule has 1 unspecified atom stereocenters. The summed E-state index contributed by atoms with van der Waals surface area (Å²) in [5, 5.41) is 6.30. The van der Waals surface area contributed by atoms with Crippen molar-refractivity contribution < 1.29 is 4.79 Å². The lowest BCUT2D eigenvalue weighted by atomic mass is 10.1. The first-order valence-corrected chi connectivity index (χ1v) is 7.93. The lowest BCUT2D eigenvalue weighted by molar-refractivity contribution is 0.242. The highest BCUT2D eigenvalue weighted by molar-refractivity contribution is 6.30. The molecule has 2 amide bonds. The van der Waals surface area contributed by atoms with Crippen LogP contribution in [0.25, 0.3) is 0 Å². The number of carbonyl (C=O) groups is 1. The number of halogens is 1. The van der Waals surface area contributed by atoms with Crippen molar-refractivity contribution in [2.24, 2.45) is 0 Å². The number of rotatable bonds is 6. The second-order valence-corrected chi connectivity index (χ2v) is 6.09. The molecular formula is C18H22ClN3O. The molecule has 2 rings (SSSR count). The van der Waals surface area contributed by atoms with Crippen molar-refractivity contribution in [2.45, 2.75) is 12.5 Å². The lowest BCUT2D eigenvalue weighted by Gasteiger charge is -2.25. The van der Waals surface area contributed by atoms with Crippen LogP contribution in [0, 0.1) is 0 Å². The predicted octanol–water partition coefficient (Wildman–Crippen LogP) is 3.63. The molecule has 0 heterocycles. The van der Waals surface area contributed by atoms with Crippen molar-refractivity contribution in [3.63, 3.8) is 0 Å². The summed E-state index contributed by atoms with van der Waals surface area (Å²) < 4.78 is 0. The molecule has 0 aliphatic heterocycles. The standard InChI is InChI=1S/C18H22ClN3O/c1-22(2)17(11-14-7-4-3-5-8-14)13-20-18(23)21-16-10-6-9-15(19)12-16/h3-10,12,17H,11,13H2,1-2H3,(H2,20,21,23). The topological polar surface area (TPSA) is 44.4 Å². The Bertz CT molecular complexity index is 631. The van der Waals surface area contributed by atoms with Crippen molar-refractivity contribution in [1.29, 1.82) is 0 Å². The van der Waals surface area contributed by atoms with E-state index in [4.69, 9.17) is 11.6 Å². The maximum atomic E-state index is 12.0. The Labute approximate surface area is 142 Å². The van der Waals surface area contributed by atoms with Gasteiger partial charge in [0, 0.05) is 23.3 Å². The number of carbonyl (C=O) groups excluding carboxylic acids is 1. The Morgan fingerprint density at radius 1 is 1.13 bits per heavy atom. The van der Waals surface area contributed by atoms with Crippen LogP contribution in [0.2, 0.25) is 5.02 Å². The van der Waals surface area contributed by atoms with Gasteiger partial charge in [0.2, 0.25) is 0 Å². The molecule has 0 radical (unpaired) electrons.